The molecular formula is C19H17F4N3O4. The average Bonchev–Trinajstić information content (AvgIpc) is 2.64. The Morgan fingerprint density at radius 1 is 1.27 bits per heavy atom. The minimum atomic E-state index is -4.88. The summed E-state index contributed by atoms with van der Waals surface area (Å²) in [5.41, 5.74) is 4.63. The van der Waals surface area contributed by atoms with Gasteiger partial charge in [0, 0.05) is 31.3 Å². The number of nitrogens with zero attached hydrogens (tertiary/aromatic N) is 2. The molecule has 0 radical (unpaired) electrons. The van der Waals surface area contributed by atoms with Crippen LogP contribution in [-0.2, 0) is 6.54 Å². The van der Waals surface area contributed by atoms with E-state index in [4.69, 9.17) is 15.2 Å². The highest BCUT2D eigenvalue weighted by Crippen LogP contribution is 2.46. The Balaban J connectivity index is 1.99. The zero-order valence-corrected chi connectivity index (χ0v) is 15.9. The number of carbonyl (C=O) groups excluding carboxylic acids is 2. The van der Waals surface area contributed by atoms with Crippen molar-refractivity contribution in [2.45, 2.75) is 18.8 Å². The first-order chi connectivity index (χ1) is 14.0. The van der Waals surface area contributed by atoms with Crippen LogP contribution in [0.1, 0.15) is 17.2 Å². The average molecular weight is 427 g/mol. The van der Waals surface area contributed by atoms with Gasteiger partial charge in [0.15, 0.2) is 11.9 Å². The fraction of sp³-hybridized carbons (Fsp3) is 0.263. The second-order valence-corrected chi connectivity index (χ2v) is 6.72. The van der Waals surface area contributed by atoms with Gasteiger partial charge in [0.2, 0.25) is 0 Å². The molecule has 2 aromatic carbocycles. The van der Waals surface area contributed by atoms with Crippen molar-refractivity contribution in [3.05, 3.63) is 53.3 Å². The number of alkyl halides is 3. The summed E-state index contributed by atoms with van der Waals surface area (Å²) in [5.74, 6) is -1.42. The minimum absolute atomic E-state index is 0.100. The van der Waals surface area contributed by atoms with Gasteiger partial charge in [-0.15, -0.1) is 0 Å². The summed E-state index contributed by atoms with van der Waals surface area (Å²) in [7, 11) is 2.85. The summed E-state index contributed by atoms with van der Waals surface area (Å²) < 4.78 is 65.9. The largest absolute Gasteiger partial charge is 0.416 e. The van der Waals surface area contributed by atoms with E-state index in [9.17, 15) is 27.2 Å². The van der Waals surface area contributed by atoms with Crippen molar-refractivity contribution in [2.75, 3.05) is 19.8 Å². The van der Waals surface area contributed by atoms with E-state index >= 15 is 0 Å². The molecule has 1 aliphatic rings. The highest BCUT2D eigenvalue weighted by Gasteiger charge is 2.51. The second kappa shape index (κ2) is 7.73. The highest BCUT2D eigenvalue weighted by molar-refractivity contribution is 5.76. The van der Waals surface area contributed by atoms with Gasteiger partial charge in [-0.2, -0.15) is 13.2 Å². The van der Waals surface area contributed by atoms with Gasteiger partial charge in [0.1, 0.15) is 11.5 Å². The molecule has 1 atom stereocenters. The molecule has 0 bridgehead atoms. The predicted octanol–water partition coefficient (Wildman–Crippen LogP) is 4.09. The maximum atomic E-state index is 14.2. The fourth-order valence-electron chi connectivity index (χ4n) is 2.92. The zero-order valence-electron chi connectivity index (χ0n) is 15.9. The number of halogens is 4. The Kier molecular flexibility index (Phi) is 5.47. The molecule has 0 saturated carbocycles. The summed E-state index contributed by atoms with van der Waals surface area (Å²) >= 11 is 0. The first-order valence-electron chi connectivity index (χ1n) is 8.60. The molecule has 0 saturated heterocycles. The van der Waals surface area contributed by atoms with Crippen LogP contribution < -0.4 is 15.2 Å². The van der Waals surface area contributed by atoms with Gasteiger partial charge >= 0.3 is 18.4 Å². The summed E-state index contributed by atoms with van der Waals surface area (Å²) in [6, 6.07) is 4.66. The third-order valence-corrected chi connectivity index (χ3v) is 4.35. The van der Waals surface area contributed by atoms with Crippen LogP contribution in [0, 0.1) is 5.82 Å². The number of anilines is 1. The molecule has 2 amide bonds. The van der Waals surface area contributed by atoms with Gasteiger partial charge < -0.3 is 20.1 Å². The number of hydrogen-bond acceptors (Lipinski definition) is 5. The lowest BCUT2D eigenvalue weighted by molar-refractivity contribution is -0.184. The van der Waals surface area contributed by atoms with Gasteiger partial charge in [-0.05, 0) is 18.2 Å². The summed E-state index contributed by atoms with van der Waals surface area (Å²) in [6.07, 6.45) is -6.97. The summed E-state index contributed by atoms with van der Waals surface area (Å²) in [5, 5.41) is 0. The first kappa shape index (κ1) is 21.2. The summed E-state index contributed by atoms with van der Waals surface area (Å²) in [4.78, 5) is 25.5. The lowest BCUT2D eigenvalue weighted by atomic mass is 10.0. The normalized spacial score (nSPS) is 16.0. The highest BCUT2D eigenvalue weighted by atomic mass is 19.4. The molecule has 1 heterocycles. The number of nitrogens with two attached hydrogens (primary N) is 1. The van der Waals surface area contributed by atoms with E-state index < -0.39 is 42.5 Å². The van der Waals surface area contributed by atoms with E-state index in [0.717, 1.165) is 23.1 Å². The smallest absolute Gasteiger partial charge is 0.410 e. The van der Waals surface area contributed by atoms with E-state index in [1.807, 2.05) is 0 Å². The van der Waals surface area contributed by atoms with Crippen LogP contribution in [0.4, 0.5) is 32.8 Å². The SMILES string of the molecule is CN(C)C(=O)Oc1ccc2c(c1)OC(=O)N(Cc1cccc(N)c1F)C2C(F)(F)F. The molecule has 160 valence electrons. The van der Waals surface area contributed by atoms with E-state index in [2.05, 4.69) is 0 Å². The monoisotopic (exact) mass is 427 g/mol. The van der Waals surface area contributed by atoms with Crippen molar-refractivity contribution >= 4 is 17.9 Å². The van der Waals surface area contributed by atoms with Crippen LogP contribution in [0.2, 0.25) is 0 Å². The molecule has 11 heteroatoms. The van der Waals surface area contributed by atoms with Crippen molar-refractivity contribution < 1.29 is 36.6 Å². The molecular weight excluding hydrogens is 410 g/mol. The van der Waals surface area contributed by atoms with Crippen LogP contribution in [0.3, 0.4) is 0 Å². The number of nitrogen functional groups attached to an aromatic ring is 1. The van der Waals surface area contributed by atoms with E-state index in [-0.39, 0.29) is 22.6 Å². The predicted molar refractivity (Wildman–Crippen MR) is 97.3 cm³/mol. The zero-order chi connectivity index (χ0) is 22.2. The van der Waals surface area contributed by atoms with Gasteiger partial charge in [0.25, 0.3) is 0 Å². The Morgan fingerprint density at radius 2 is 1.97 bits per heavy atom. The summed E-state index contributed by atoms with van der Waals surface area (Å²) in [6.45, 7) is -0.712. The number of hydrogen-bond donors (Lipinski definition) is 1. The topological polar surface area (TPSA) is 85.1 Å². The maximum Gasteiger partial charge on any atom is 0.416 e. The number of carbonyl (C=O) groups is 2. The van der Waals surface area contributed by atoms with Crippen LogP contribution in [0.5, 0.6) is 11.5 Å². The molecule has 1 unspecified atom stereocenters. The van der Waals surface area contributed by atoms with E-state index in [1.165, 1.54) is 32.3 Å². The molecule has 1 aliphatic heterocycles. The Morgan fingerprint density at radius 3 is 2.60 bits per heavy atom. The van der Waals surface area contributed by atoms with Crippen LogP contribution in [-0.4, -0.2) is 42.3 Å². The molecule has 7 nitrogen and oxygen atoms in total. The quantitative estimate of drug-likeness (QED) is 0.589. The Labute approximate surface area is 168 Å². The molecule has 2 aromatic rings. The van der Waals surface area contributed by atoms with Gasteiger partial charge in [-0.1, -0.05) is 12.1 Å². The van der Waals surface area contributed by atoms with Gasteiger partial charge in [-0.3, -0.25) is 4.90 Å². The fourth-order valence-corrected chi connectivity index (χ4v) is 2.92. The van der Waals surface area contributed by atoms with Crippen molar-refractivity contribution in [2.24, 2.45) is 0 Å². The molecule has 0 aromatic heterocycles. The minimum Gasteiger partial charge on any atom is -0.410 e. The van der Waals surface area contributed by atoms with Crippen molar-refractivity contribution in [3.63, 3.8) is 0 Å². The molecule has 0 fully saturated rings. The standard InChI is InChI=1S/C19H17F4N3O4/c1-25(2)17(27)29-11-6-7-12-14(8-11)30-18(28)26(16(12)19(21,22)23)9-10-4-3-5-13(24)15(10)20/h3-8,16H,9,24H2,1-2H3. The third-order valence-electron chi connectivity index (χ3n) is 4.35. The molecule has 3 rings (SSSR count). The Bertz CT molecular complexity index is 994. The molecule has 0 spiro atoms. The van der Waals surface area contributed by atoms with Crippen molar-refractivity contribution in [3.8, 4) is 11.5 Å². The van der Waals surface area contributed by atoms with Crippen LogP contribution in [0.25, 0.3) is 0 Å². The first-order valence-corrected chi connectivity index (χ1v) is 8.60. The third kappa shape index (κ3) is 4.09. The number of rotatable bonds is 3. The molecule has 2 N–H and O–H groups in total. The molecule has 0 aliphatic carbocycles. The maximum absolute atomic E-state index is 14.2. The number of ether oxygens (including phenoxy) is 2. The molecule has 30 heavy (non-hydrogen) atoms. The van der Waals surface area contributed by atoms with Gasteiger partial charge in [0.05, 0.1) is 12.2 Å². The number of amides is 2. The van der Waals surface area contributed by atoms with Gasteiger partial charge in [-0.25, -0.2) is 14.0 Å². The van der Waals surface area contributed by atoms with E-state index in [0.29, 0.717) is 4.90 Å². The lowest BCUT2D eigenvalue weighted by Gasteiger charge is -2.37. The number of benzene rings is 2. The van der Waals surface area contributed by atoms with Crippen molar-refractivity contribution in [1.29, 1.82) is 0 Å². The van der Waals surface area contributed by atoms with Crippen LogP contribution >= 0.6 is 0 Å². The Hall–Kier alpha value is -3.50. The second-order valence-electron chi connectivity index (χ2n) is 6.72. The number of fused-ring (bicyclic) bond motifs is 1. The van der Waals surface area contributed by atoms with E-state index in [1.54, 1.807) is 0 Å². The lowest BCUT2D eigenvalue weighted by Crippen LogP contribution is -2.46. The van der Waals surface area contributed by atoms with Crippen molar-refractivity contribution in [1.82, 2.24) is 9.80 Å². The van der Waals surface area contributed by atoms with Crippen LogP contribution in [0.15, 0.2) is 36.4 Å².